The highest BCUT2D eigenvalue weighted by Gasteiger charge is 2.29. The molecule has 2 rings (SSSR count). The Hall–Kier alpha value is -1.49. The molecule has 2 atom stereocenters. The van der Waals surface area contributed by atoms with E-state index >= 15 is 0 Å². The molecule has 0 aliphatic heterocycles. The lowest BCUT2D eigenvalue weighted by atomic mass is 9.79. The van der Waals surface area contributed by atoms with E-state index in [-0.39, 0.29) is 11.8 Å². The maximum atomic E-state index is 12.1. The number of amides is 1. The van der Waals surface area contributed by atoms with Gasteiger partial charge in [0.25, 0.3) is 0 Å². The molecule has 0 spiro atoms. The van der Waals surface area contributed by atoms with Crippen LogP contribution in [-0.2, 0) is 4.79 Å². The van der Waals surface area contributed by atoms with Gasteiger partial charge in [0, 0.05) is 18.3 Å². The van der Waals surface area contributed by atoms with Crippen molar-refractivity contribution >= 4 is 11.7 Å². The minimum absolute atomic E-state index is 0.0238. The highest BCUT2D eigenvalue weighted by molar-refractivity contribution is 5.91. The van der Waals surface area contributed by atoms with E-state index in [2.05, 4.69) is 15.3 Å². The fraction of sp³-hybridized carbons (Fsp3) is 0.583. The second-order valence-electron chi connectivity index (χ2n) is 4.47. The summed E-state index contributed by atoms with van der Waals surface area (Å²) in [5, 5.41) is 2.81. The minimum Gasteiger partial charge on any atom is -0.330 e. The molecule has 5 heteroatoms. The molecule has 1 saturated carbocycles. The van der Waals surface area contributed by atoms with Crippen molar-refractivity contribution in [3.05, 3.63) is 18.6 Å². The van der Waals surface area contributed by atoms with Crippen molar-refractivity contribution in [2.45, 2.75) is 25.7 Å². The molecule has 0 saturated heterocycles. The summed E-state index contributed by atoms with van der Waals surface area (Å²) in [6.07, 6.45) is 8.96. The maximum Gasteiger partial charge on any atom is 0.229 e. The molecule has 5 nitrogen and oxygen atoms in total. The smallest absolute Gasteiger partial charge is 0.229 e. The van der Waals surface area contributed by atoms with Crippen LogP contribution in [-0.4, -0.2) is 22.4 Å². The Morgan fingerprint density at radius 2 is 2.24 bits per heavy atom. The summed E-state index contributed by atoms with van der Waals surface area (Å²) in [7, 11) is 0. The first kappa shape index (κ1) is 12.0. The summed E-state index contributed by atoms with van der Waals surface area (Å²) in [5.74, 6) is 0.871. The molecule has 1 fully saturated rings. The number of anilines is 1. The maximum absolute atomic E-state index is 12.1. The van der Waals surface area contributed by atoms with E-state index in [4.69, 9.17) is 5.73 Å². The fourth-order valence-electron chi connectivity index (χ4n) is 2.42. The van der Waals surface area contributed by atoms with Gasteiger partial charge in [0.2, 0.25) is 5.91 Å². The minimum atomic E-state index is 0.0238. The van der Waals surface area contributed by atoms with Gasteiger partial charge in [0.15, 0.2) is 5.82 Å². The van der Waals surface area contributed by atoms with Gasteiger partial charge in [-0.05, 0) is 25.3 Å². The molecule has 2 unspecified atom stereocenters. The van der Waals surface area contributed by atoms with Gasteiger partial charge in [0.05, 0.1) is 6.20 Å². The molecule has 1 heterocycles. The third-order valence-electron chi connectivity index (χ3n) is 3.36. The zero-order valence-corrected chi connectivity index (χ0v) is 9.80. The van der Waals surface area contributed by atoms with Gasteiger partial charge >= 0.3 is 0 Å². The second-order valence-corrected chi connectivity index (χ2v) is 4.47. The SMILES string of the molecule is NCC1CCCCC1C(=O)Nc1cnccn1. The third-order valence-corrected chi connectivity index (χ3v) is 3.36. The molecular formula is C12H18N4O. The first-order chi connectivity index (χ1) is 8.31. The predicted molar refractivity (Wildman–Crippen MR) is 65.2 cm³/mol. The van der Waals surface area contributed by atoms with Gasteiger partial charge in [-0.25, -0.2) is 4.98 Å². The fourth-order valence-corrected chi connectivity index (χ4v) is 2.42. The van der Waals surface area contributed by atoms with E-state index < -0.39 is 0 Å². The van der Waals surface area contributed by atoms with E-state index in [1.807, 2.05) is 0 Å². The van der Waals surface area contributed by atoms with Crippen LogP contribution in [0.4, 0.5) is 5.82 Å². The van der Waals surface area contributed by atoms with Crippen molar-refractivity contribution in [3.63, 3.8) is 0 Å². The highest BCUT2D eigenvalue weighted by atomic mass is 16.2. The number of carbonyl (C=O) groups excluding carboxylic acids is 1. The van der Waals surface area contributed by atoms with Gasteiger partial charge in [-0.15, -0.1) is 0 Å². The number of rotatable bonds is 3. The lowest BCUT2D eigenvalue weighted by molar-refractivity contribution is -0.122. The quantitative estimate of drug-likeness (QED) is 0.823. The number of hydrogen-bond donors (Lipinski definition) is 2. The molecule has 0 radical (unpaired) electrons. The highest BCUT2D eigenvalue weighted by Crippen LogP contribution is 2.30. The number of carbonyl (C=O) groups is 1. The van der Waals surface area contributed by atoms with Gasteiger partial charge < -0.3 is 11.1 Å². The molecule has 1 aromatic heterocycles. The summed E-state index contributed by atoms with van der Waals surface area (Å²) in [5.41, 5.74) is 5.72. The molecule has 0 bridgehead atoms. The summed E-state index contributed by atoms with van der Waals surface area (Å²) in [6.45, 7) is 0.582. The van der Waals surface area contributed by atoms with Crippen molar-refractivity contribution in [3.8, 4) is 0 Å². The van der Waals surface area contributed by atoms with Crippen LogP contribution in [0.25, 0.3) is 0 Å². The molecule has 0 aromatic carbocycles. The lowest BCUT2D eigenvalue weighted by Gasteiger charge is -2.29. The van der Waals surface area contributed by atoms with E-state index in [1.54, 1.807) is 18.6 Å². The average molecular weight is 234 g/mol. The first-order valence-corrected chi connectivity index (χ1v) is 6.08. The molecule has 1 aromatic rings. The number of nitrogens with one attached hydrogen (secondary N) is 1. The van der Waals surface area contributed by atoms with Crippen LogP contribution in [0.5, 0.6) is 0 Å². The Morgan fingerprint density at radius 1 is 1.41 bits per heavy atom. The van der Waals surface area contributed by atoms with E-state index in [0.717, 1.165) is 19.3 Å². The van der Waals surface area contributed by atoms with Crippen LogP contribution in [0.15, 0.2) is 18.6 Å². The lowest BCUT2D eigenvalue weighted by Crippen LogP contribution is -2.35. The van der Waals surface area contributed by atoms with Crippen LogP contribution < -0.4 is 11.1 Å². The zero-order valence-electron chi connectivity index (χ0n) is 9.80. The van der Waals surface area contributed by atoms with Gasteiger partial charge in [0.1, 0.15) is 0 Å². The topological polar surface area (TPSA) is 80.9 Å². The van der Waals surface area contributed by atoms with Gasteiger partial charge in [-0.1, -0.05) is 12.8 Å². The van der Waals surface area contributed by atoms with E-state index in [9.17, 15) is 4.79 Å². The molecule has 1 aliphatic rings. The first-order valence-electron chi connectivity index (χ1n) is 6.08. The molecule has 1 aliphatic carbocycles. The van der Waals surface area contributed by atoms with Crippen LogP contribution in [0.1, 0.15) is 25.7 Å². The van der Waals surface area contributed by atoms with Crippen LogP contribution in [0.3, 0.4) is 0 Å². The van der Waals surface area contributed by atoms with E-state index in [1.165, 1.54) is 6.42 Å². The van der Waals surface area contributed by atoms with Crippen LogP contribution >= 0.6 is 0 Å². The molecule has 3 N–H and O–H groups in total. The predicted octanol–water partition coefficient (Wildman–Crippen LogP) is 1.18. The Kier molecular flexibility index (Phi) is 4.03. The number of hydrogen-bond acceptors (Lipinski definition) is 4. The van der Waals surface area contributed by atoms with Crippen LogP contribution in [0.2, 0.25) is 0 Å². The Labute approximate surface area is 101 Å². The summed E-state index contributed by atoms with van der Waals surface area (Å²) in [4.78, 5) is 20.1. The van der Waals surface area contributed by atoms with Crippen molar-refractivity contribution < 1.29 is 4.79 Å². The normalized spacial score (nSPS) is 24.3. The van der Waals surface area contributed by atoms with Gasteiger partial charge in [-0.3, -0.25) is 9.78 Å². The standard InChI is InChI=1S/C12H18N4O/c13-7-9-3-1-2-4-10(9)12(17)16-11-8-14-5-6-15-11/h5-6,8-10H,1-4,7,13H2,(H,15,16,17). The summed E-state index contributed by atoms with van der Waals surface area (Å²) >= 11 is 0. The van der Waals surface area contributed by atoms with E-state index in [0.29, 0.717) is 18.3 Å². The van der Waals surface area contributed by atoms with Crippen molar-refractivity contribution in [2.24, 2.45) is 17.6 Å². The summed E-state index contributed by atoms with van der Waals surface area (Å²) in [6, 6.07) is 0. The van der Waals surface area contributed by atoms with Crippen molar-refractivity contribution in [2.75, 3.05) is 11.9 Å². The molecule has 17 heavy (non-hydrogen) atoms. The number of nitrogens with zero attached hydrogens (tertiary/aromatic N) is 2. The number of aromatic nitrogens is 2. The monoisotopic (exact) mass is 234 g/mol. The third kappa shape index (κ3) is 3.00. The van der Waals surface area contributed by atoms with Crippen LogP contribution in [0, 0.1) is 11.8 Å². The Bertz CT molecular complexity index is 368. The summed E-state index contributed by atoms with van der Waals surface area (Å²) < 4.78 is 0. The second kappa shape index (κ2) is 5.72. The Balaban J connectivity index is 1.99. The van der Waals surface area contributed by atoms with Gasteiger partial charge in [-0.2, -0.15) is 0 Å². The molecule has 1 amide bonds. The molecule has 92 valence electrons. The Morgan fingerprint density at radius 3 is 2.94 bits per heavy atom. The average Bonchev–Trinajstić information content (AvgIpc) is 2.40. The zero-order chi connectivity index (χ0) is 12.1. The largest absolute Gasteiger partial charge is 0.330 e. The van der Waals surface area contributed by atoms with Crippen molar-refractivity contribution in [1.29, 1.82) is 0 Å². The van der Waals surface area contributed by atoms with Crippen molar-refractivity contribution in [1.82, 2.24) is 9.97 Å². The molecular weight excluding hydrogens is 216 g/mol. The number of nitrogens with two attached hydrogens (primary N) is 1.